The highest BCUT2D eigenvalue weighted by atomic mass is 32.2. The lowest BCUT2D eigenvalue weighted by Gasteiger charge is -2.09. The van der Waals surface area contributed by atoms with Crippen LogP contribution in [0.25, 0.3) is 16.9 Å². The summed E-state index contributed by atoms with van der Waals surface area (Å²) in [6.45, 7) is 0. The van der Waals surface area contributed by atoms with Gasteiger partial charge in [-0.2, -0.15) is 18.3 Å². The van der Waals surface area contributed by atoms with E-state index in [-0.39, 0.29) is 11.4 Å². The van der Waals surface area contributed by atoms with Crippen molar-refractivity contribution in [3.8, 4) is 22.7 Å². The molecule has 3 rings (SSSR count). The molecule has 0 saturated heterocycles. The highest BCUT2D eigenvalue weighted by molar-refractivity contribution is 7.90. The van der Waals surface area contributed by atoms with Crippen LogP contribution in [0.4, 0.5) is 13.2 Å². The van der Waals surface area contributed by atoms with Crippen molar-refractivity contribution in [3.05, 3.63) is 65.9 Å². The second-order valence-electron chi connectivity index (χ2n) is 6.60. The summed E-state index contributed by atoms with van der Waals surface area (Å²) in [4.78, 5) is 0. The molecule has 1 aromatic heterocycles. The maximum absolute atomic E-state index is 13.3. The fourth-order valence-corrected chi connectivity index (χ4v) is 3.40. The van der Waals surface area contributed by atoms with Crippen LogP contribution in [0.5, 0.6) is 5.75 Å². The Balaban J connectivity index is 2.00. The number of benzene rings is 2. The highest BCUT2D eigenvalue weighted by Crippen LogP contribution is 2.33. The molecule has 0 radical (unpaired) electrons. The number of methoxy groups -OCH3 is 1. The van der Waals surface area contributed by atoms with Crippen molar-refractivity contribution in [1.82, 2.24) is 9.78 Å². The molecular formula is C20H19F3N2O3S. The molecule has 29 heavy (non-hydrogen) atoms. The van der Waals surface area contributed by atoms with Crippen molar-refractivity contribution in [2.75, 3.05) is 19.1 Å². The summed E-state index contributed by atoms with van der Waals surface area (Å²) in [6.07, 6.45) is -3.08. The van der Waals surface area contributed by atoms with Crippen LogP contribution >= 0.6 is 0 Å². The van der Waals surface area contributed by atoms with Crippen LogP contribution in [0.15, 0.2) is 54.6 Å². The molecule has 0 aliphatic carbocycles. The molecule has 0 aliphatic heterocycles. The van der Waals surface area contributed by atoms with Gasteiger partial charge in [0.15, 0.2) is 5.69 Å². The SMILES string of the molecule is COc1ccc(-n2nc(C(F)(F)F)cc2-c2ccc(CCS(C)(=O)=O)cc2)cc1. The lowest BCUT2D eigenvalue weighted by atomic mass is 10.1. The number of alkyl halides is 3. The zero-order valence-electron chi connectivity index (χ0n) is 15.8. The molecule has 0 atom stereocenters. The zero-order chi connectivity index (χ0) is 21.2. The molecule has 0 unspecified atom stereocenters. The minimum Gasteiger partial charge on any atom is -0.497 e. The zero-order valence-corrected chi connectivity index (χ0v) is 16.6. The fourth-order valence-electron chi connectivity index (χ4n) is 2.79. The molecule has 5 nitrogen and oxygen atoms in total. The van der Waals surface area contributed by atoms with Crippen molar-refractivity contribution in [1.29, 1.82) is 0 Å². The Labute approximate surface area is 166 Å². The quantitative estimate of drug-likeness (QED) is 0.596. The summed E-state index contributed by atoms with van der Waals surface area (Å²) in [7, 11) is -1.59. The Morgan fingerprint density at radius 1 is 1.03 bits per heavy atom. The van der Waals surface area contributed by atoms with E-state index in [1.807, 2.05) is 0 Å². The van der Waals surface area contributed by atoms with Crippen molar-refractivity contribution in [3.63, 3.8) is 0 Å². The van der Waals surface area contributed by atoms with E-state index in [4.69, 9.17) is 4.74 Å². The van der Waals surface area contributed by atoms with Gasteiger partial charge in [-0.3, -0.25) is 0 Å². The first kappa shape index (κ1) is 20.9. The van der Waals surface area contributed by atoms with E-state index in [0.717, 1.165) is 17.9 Å². The first-order valence-electron chi connectivity index (χ1n) is 8.65. The van der Waals surface area contributed by atoms with Crippen molar-refractivity contribution < 1.29 is 26.3 Å². The third-order valence-electron chi connectivity index (χ3n) is 4.33. The summed E-state index contributed by atoms with van der Waals surface area (Å²) in [5.74, 6) is 0.586. The number of rotatable bonds is 6. The van der Waals surface area contributed by atoms with Crippen molar-refractivity contribution >= 4 is 9.84 Å². The lowest BCUT2D eigenvalue weighted by molar-refractivity contribution is -0.141. The van der Waals surface area contributed by atoms with Gasteiger partial charge in [0.25, 0.3) is 0 Å². The molecule has 0 amide bonds. The van der Waals surface area contributed by atoms with Gasteiger partial charge in [0.2, 0.25) is 0 Å². The van der Waals surface area contributed by atoms with Gasteiger partial charge in [0, 0.05) is 11.8 Å². The minimum absolute atomic E-state index is 0.00828. The predicted molar refractivity (Wildman–Crippen MR) is 104 cm³/mol. The fraction of sp³-hybridized carbons (Fsp3) is 0.250. The number of aryl methyl sites for hydroxylation is 1. The van der Waals surface area contributed by atoms with Crippen molar-refractivity contribution in [2.24, 2.45) is 0 Å². The van der Waals surface area contributed by atoms with Crippen molar-refractivity contribution in [2.45, 2.75) is 12.6 Å². The van der Waals surface area contributed by atoms with E-state index < -0.39 is 21.7 Å². The molecule has 0 spiro atoms. The number of aromatic nitrogens is 2. The molecule has 0 aliphatic rings. The Kier molecular flexibility index (Phi) is 5.70. The average Bonchev–Trinajstić information content (AvgIpc) is 3.12. The minimum atomic E-state index is -4.58. The Morgan fingerprint density at radius 2 is 1.66 bits per heavy atom. The van der Waals surface area contributed by atoms with E-state index in [9.17, 15) is 21.6 Å². The molecule has 0 saturated carbocycles. The topological polar surface area (TPSA) is 61.2 Å². The number of halogens is 3. The maximum atomic E-state index is 13.3. The number of nitrogens with zero attached hydrogens (tertiary/aromatic N) is 2. The van der Waals surface area contributed by atoms with Gasteiger partial charge >= 0.3 is 6.18 Å². The van der Waals surface area contributed by atoms with Crippen LogP contribution in [-0.2, 0) is 22.4 Å². The van der Waals surface area contributed by atoms with Gasteiger partial charge < -0.3 is 4.74 Å². The first-order chi connectivity index (χ1) is 13.6. The van der Waals surface area contributed by atoms with Crippen LogP contribution in [-0.4, -0.2) is 37.3 Å². The molecule has 0 bridgehead atoms. The lowest BCUT2D eigenvalue weighted by Crippen LogP contribution is -2.07. The molecule has 3 aromatic rings. The van der Waals surface area contributed by atoms with Gasteiger partial charge in [0.05, 0.1) is 24.2 Å². The normalized spacial score (nSPS) is 12.2. The van der Waals surface area contributed by atoms with E-state index in [1.165, 1.54) is 11.8 Å². The Hall–Kier alpha value is -2.81. The highest BCUT2D eigenvalue weighted by Gasteiger charge is 2.35. The summed E-state index contributed by atoms with van der Waals surface area (Å²) < 4.78 is 68.7. The number of hydrogen-bond donors (Lipinski definition) is 0. The average molecular weight is 424 g/mol. The molecule has 0 N–H and O–H groups in total. The van der Waals surface area contributed by atoms with Crippen LogP contribution in [0.3, 0.4) is 0 Å². The first-order valence-corrected chi connectivity index (χ1v) is 10.7. The van der Waals surface area contributed by atoms with Gasteiger partial charge in [-0.05, 0) is 42.3 Å². The number of ether oxygens (including phenoxy) is 1. The summed E-state index contributed by atoms with van der Waals surface area (Å²) in [5, 5.41) is 3.75. The third kappa shape index (κ3) is 5.17. The summed E-state index contributed by atoms with van der Waals surface area (Å²) in [6, 6.07) is 14.3. The molecule has 154 valence electrons. The van der Waals surface area contributed by atoms with Gasteiger partial charge in [-0.25, -0.2) is 13.1 Å². The van der Waals surface area contributed by atoms with E-state index in [1.54, 1.807) is 48.5 Å². The van der Waals surface area contributed by atoms with Crippen LogP contribution in [0, 0.1) is 0 Å². The largest absolute Gasteiger partial charge is 0.497 e. The monoisotopic (exact) mass is 424 g/mol. The number of sulfone groups is 1. The van der Waals surface area contributed by atoms with E-state index in [0.29, 0.717) is 23.4 Å². The molecule has 0 fully saturated rings. The molecular weight excluding hydrogens is 405 g/mol. The van der Waals surface area contributed by atoms with Crippen LogP contribution in [0.1, 0.15) is 11.3 Å². The van der Waals surface area contributed by atoms with Crippen LogP contribution < -0.4 is 4.74 Å². The Morgan fingerprint density at radius 3 is 2.17 bits per heavy atom. The summed E-state index contributed by atoms with van der Waals surface area (Å²) in [5.41, 5.74) is 1.05. The second-order valence-corrected chi connectivity index (χ2v) is 8.86. The van der Waals surface area contributed by atoms with Gasteiger partial charge in [0.1, 0.15) is 15.6 Å². The van der Waals surface area contributed by atoms with Gasteiger partial charge in [-0.1, -0.05) is 24.3 Å². The molecule has 9 heteroatoms. The number of hydrogen-bond acceptors (Lipinski definition) is 4. The van der Waals surface area contributed by atoms with E-state index >= 15 is 0 Å². The molecule has 1 heterocycles. The van der Waals surface area contributed by atoms with Gasteiger partial charge in [-0.15, -0.1) is 0 Å². The smallest absolute Gasteiger partial charge is 0.435 e. The van der Waals surface area contributed by atoms with E-state index in [2.05, 4.69) is 5.10 Å². The Bertz CT molecular complexity index is 1090. The standard InChI is InChI=1S/C20H19F3N2O3S/c1-28-17-9-7-16(8-10-17)25-18(13-19(24-25)20(21,22)23)15-5-3-14(4-6-15)11-12-29(2,26)27/h3-10,13H,11-12H2,1-2H3. The second kappa shape index (κ2) is 7.90. The molecule has 2 aromatic carbocycles. The summed E-state index contributed by atoms with van der Waals surface area (Å²) >= 11 is 0. The third-order valence-corrected chi connectivity index (χ3v) is 5.27. The maximum Gasteiger partial charge on any atom is 0.435 e. The van der Waals surface area contributed by atoms with Crippen LogP contribution in [0.2, 0.25) is 0 Å². The predicted octanol–water partition coefficient (Wildman–Crippen LogP) is 4.15.